The molecule has 0 unspecified atom stereocenters. The van der Waals surface area contributed by atoms with Crippen LogP contribution in [0.5, 0.6) is 0 Å². The lowest BCUT2D eigenvalue weighted by atomic mass is 10.1. The summed E-state index contributed by atoms with van der Waals surface area (Å²) in [4.78, 5) is 28.9. The number of amides is 3. The van der Waals surface area contributed by atoms with E-state index < -0.39 is 11.8 Å². The van der Waals surface area contributed by atoms with Crippen LogP contribution in [0.25, 0.3) is 0 Å². The average Bonchev–Trinajstić information content (AvgIpc) is 3.18. The summed E-state index contributed by atoms with van der Waals surface area (Å²) in [5.74, 6) is -0.604. The first-order valence-electron chi connectivity index (χ1n) is 8.99. The molecule has 3 rings (SSSR count). The first-order valence-corrected chi connectivity index (χ1v) is 9.36. The Morgan fingerprint density at radius 3 is 2.25 bits per heavy atom. The number of urea groups is 1. The lowest BCUT2D eigenvalue weighted by Crippen LogP contribution is -2.29. The molecule has 2 N–H and O–H groups in total. The van der Waals surface area contributed by atoms with Crippen molar-refractivity contribution in [2.45, 2.75) is 12.8 Å². The van der Waals surface area contributed by atoms with Gasteiger partial charge in [0.05, 0.1) is 10.6 Å². The fourth-order valence-electron chi connectivity index (χ4n) is 3.13. The second-order valence-corrected chi connectivity index (χ2v) is 7.24. The number of hydrogen-bond acceptors (Lipinski definition) is 3. The highest BCUT2D eigenvalue weighted by atomic mass is 35.5. The number of likely N-dealkylation sites (tertiary alicyclic amines) is 1. The second kappa shape index (κ2) is 8.48. The van der Waals surface area contributed by atoms with Crippen LogP contribution in [-0.4, -0.2) is 44.0 Å². The van der Waals surface area contributed by atoms with Crippen molar-refractivity contribution >= 4 is 40.6 Å². The number of carbonyl (C=O) groups is 2. The summed E-state index contributed by atoms with van der Waals surface area (Å²) in [6.45, 7) is 1.49. The summed E-state index contributed by atoms with van der Waals surface area (Å²) in [6.07, 6.45) is 2.01. The maximum Gasteiger partial charge on any atom is 0.323 e. The van der Waals surface area contributed by atoms with E-state index in [1.807, 2.05) is 23.9 Å². The molecule has 0 atom stereocenters. The molecule has 1 heterocycles. The predicted octanol–water partition coefficient (Wildman–Crippen LogP) is 4.43. The van der Waals surface area contributed by atoms with Gasteiger partial charge in [-0.1, -0.05) is 11.6 Å². The summed E-state index contributed by atoms with van der Waals surface area (Å²) in [5.41, 5.74) is 2.17. The summed E-state index contributed by atoms with van der Waals surface area (Å²) in [6, 6.07) is 8.61. The molecular weight excluding hydrogens is 383 g/mol. The van der Waals surface area contributed by atoms with E-state index in [0.717, 1.165) is 31.6 Å². The summed E-state index contributed by atoms with van der Waals surface area (Å²) in [5, 5.41) is 5.22. The highest BCUT2D eigenvalue weighted by molar-refractivity contribution is 6.31. The normalized spacial score (nSPS) is 13.4. The number of nitrogens with zero attached hydrogens (tertiary/aromatic N) is 2. The van der Waals surface area contributed by atoms with Gasteiger partial charge < -0.3 is 20.4 Å². The molecule has 1 aliphatic heterocycles. The van der Waals surface area contributed by atoms with E-state index in [1.54, 1.807) is 18.2 Å². The third kappa shape index (κ3) is 4.54. The molecule has 0 spiro atoms. The van der Waals surface area contributed by atoms with Crippen molar-refractivity contribution in [1.82, 2.24) is 4.90 Å². The Morgan fingerprint density at radius 1 is 1.04 bits per heavy atom. The maximum absolute atomic E-state index is 13.2. The van der Waals surface area contributed by atoms with Gasteiger partial charge in [0.2, 0.25) is 0 Å². The van der Waals surface area contributed by atoms with Gasteiger partial charge in [-0.05, 0) is 49.2 Å². The number of benzene rings is 2. The standard InChI is InChI=1S/C20H22ClFN4O2/c1-25(2)18-8-6-13(11-15(18)19(27)26-9-3-4-10-26)23-20(28)24-14-5-7-17(22)16(21)12-14/h5-8,11-12H,3-4,9-10H2,1-2H3,(H2,23,24,28). The lowest BCUT2D eigenvalue weighted by molar-refractivity contribution is 0.0793. The Bertz CT molecular complexity index is 898. The first kappa shape index (κ1) is 19.9. The van der Waals surface area contributed by atoms with Gasteiger partial charge in [-0.3, -0.25) is 4.79 Å². The number of rotatable bonds is 4. The molecular formula is C20H22ClFN4O2. The Labute approximate surface area is 168 Å². The number of anilines is 3. The summed E-state index contributed by atoms with van der Waals surface area (Å²) >= 11 is 5.73. The third-order valence-electron chi connectivity index (χ3n) is 4.54. The Kier molecular flexibility index (Phi) is 6.04. The number of halogens is 2. The SMILES string of the molecule is CN(C)c1ccc(NC(=O)Nc2ccc(F)c(Cl)c2)cc1C(=O)N1CCCC1. The number of carbonyl (C=O) groups excluding carboxylic acids is 2. The van der Waals surface area contributed by atoms with Gasteiger partial charge in [0.15, 0.2) is 0 Å². The van der Waals surface area contributed by atoms with Crippen molar-refractivity contribution < 1.29 is 14.0 Å². The molecule has 3 amide bonds. The van der Waals surface area contributed by atoms with E-state index in [9.17, 15) is 14.0 Å². The molecule has 0 aromatic heterocycles. The van der Waals surface area contributed by atoms with Crippen LogP contribution in [0.4, 0.5) is 26.2 Å². The van der Waals surface area contributed by atoms with E-state index >= 15 is 0 Å². The van der Waals surface area contributed by atoms with E-state index in [4.69, 9.17) is 11.6 Å². The van der Waals surface area contributed by atoms with Crippen LogP contribution >= 0.6 is 11.6 Å². The fourth-order valence-corrected chi connectivity index (χ4v) is 3.31. The van der Waals surface area contributed by atoms with Crippen molar-refractivity contribution in [3.63, 3.8) is 0 Å². The van der Waals surface area contributed by atoms with Crippen molar-refractivity contribution in [2.75, 3.05) is 42.7 Å². The quantitative estimate of drug-likeness (QED) is 0.792. The zero-order valence-corrected chi connectivity index (χ0v) is 16.5. The molecule has 0 bridgehead atoms. The van der Waals surface area contributed by atoms with Crippen molar-refractivity contribution in [1.29, 1.82) is 0 Å². The van der Waals surface area contributed by atoms with Gasteiger partial charge in [-0.2, -0.15) is 0 Å². The summed E-state index contributed by atoms with van der Waals surface area (Å²) < 4.78 is 13.2. The summed E-state index contributed by atoms with van der Waals surface area (Å²) in [7, 11) is 3.74. The Balaban J connectivity index is 1.77. The minimum atomic E-state index is -0.558. The van der Waals surface area contributed by atoms with Crippen LogP contribution in [0.15, 0.2) is 36.4 Å². The minimum absolute atomic E-state index is 0.0458. The third-order valence-corrected chi connectivity index (χ3v) is 4.83. The molecule has 148 valence electrons. The monoisotopic (exact) mass is 404 g/mol. The molecule has 0 aliphatic carbocycles. The highest BCUT2D eigenvalue weighted by Crippen LogP contribution is 2.26. The van der Waals surface area contributed by atoms with E-state index in [1.165, 1.54) is 18.2 Å². The Morgan fingerprint density at radius 2 is 1.64 bits per heavy atom. The van der Waals surface area contributed by atoms with E-state index in [0.29, 0.717) is 16.9 Å². The van der Waals surface area contributed by atoms with Crippen molar-refractivity contribution in [2.24, 2.45) is 0 Å². The molecule has 1 aliphatic rings. The molecule has 8 heteroatoms. The van der Waals surface area contributed by atoms with Crippen LogP contribution in [0.1, 0.15) is 23.2 Å². The second-order valence-electron chi connectivity index (χ2n) is 6.83. The smallest absolute Gasteiger partial charge is 0.323 e. The van der Waals surface area contributed by atoms with Gasteiger partial charge in [0.1, 0.15) is 5.82 Å². The molecule has 0 radical (unpaired) electrons. The van der Waals surface area contributed by atoms with Crippen LogP contribution in [0.3, 0.4) is 0 Å². The van der Waals surface area contributed by atoms with Crippen LogP contribution in [0.2, 0.25) is 5.02 Å². The van der Waals surface area contributed by atoms with Gasteiger partial charge in [-0.25, -0.2) is 9.18 Å². The van der Waals surface area contributed by atoms with E-state index in [-0.39, 0.29) is 10.9 Å². The molecule has 1 fully saturated rings. The zero-order chi connectivity index (χ0) is 20.3. The molecule has 28 heavy (non-hydrogen) atoms. The van der Waals surface area contributed by atoms with Crippen LogP contribution < -0.4 is 15.5 Å². The number of hydrogen-bond donors (Lipinski definition) is 2. The van der Waals surface area contributed by atoms with Crippen molar-refractivity contribution in [3.05, 3.63) is 52.8 Å². The van der Waals surface area contributed by atoms with E-state index in [2.05, 4.69) is 10.6 Å². The average molecular weight is 405 g/mol. The molecule has 1 saturated heterocycles. The molecule has 2 aromatic carbocycles. The minimum Gasteiger partial charge on any atom is -0.377 e. The fraction of sp³-hybridized carbons (Fsp3) is 0.300. The highest BCUT2D eigenvalue weighted by Gasteiger charge is 2.23. The van der Waals surface area contributed by atoms with Gasteiger partial charge in [-0.15, -0.1) is 0 Å². The van der Waals surface area contributed by atoms with Gasteiger partial charge >= 0.3 is 6.03 Å². The van der Waals surface area contributed by atoms with Crippen molar-refractivity contribution in [3.8, 4) is 0 Å². The Hall–Kier alpha value is -2.80. The molecule has 0 saturated carbocycles. The largest absolute Gasteiger partial charge is 0.377 e. The van der Waals surface area contributed by atoms with Gasteiger partial charge in [0, 0.05) is 44.2 Å². The molecule has 2 aromatic rings. The predicted molar refractivity (Wildman–Crippen MR) is 110 cm³/mol. The first-order chi connectivity index (χ1) is 13.3. The molecule has 6 nitrogen and oxygen atoms in total. The van der Waals surface area contributed by atoms with Gasteiger partial charge in [0.25, 0.3) is 5.91 Å². The topological polar surface area (TPSA) is 64.7 Å². The van der Waals surface area contributed by atoms with Crippen LogP contribution in [-0.2, 0) is 0 Å². The number of nitrogens with one attached hydrogen (secondary N) is 2. The van der Waals surface area contributed by atoms with Crippen LogP contribution in [0, 0.1) is 5.82 Å². The zero-order valence-electron chi connectivity index (χ0n) is 15.8. The maximum atomic E-state index is 13.2. The lowest BCUT2D eigenvalue weighted by Gasteiger charge is -2.22.